The van der Waals surface area contributed by atoms with Crippen molar-refractivity contribution in [2.45, 2.75) is 44.8 Å². The molecule has 0 aliphatic carbocycles. The van der Waals surface area contributed by atoms with Gasteiger partial charge < -0.3 is 4.43 Å². The van der Waals surface area contributed by atoms with Gasteiger partial charge in [0, 0.05) is 10.0 Å². The molecule has 0 aliphatic rings. The maximum Gasteiger partial charge on any atom is 0.295 e. The number of hydrogen-bond acceptors (Lipinski definition) is 1. The van der Waals surface area contributed by atoms with Gasteiger partial charge in [0.05, 0.1) is 0 Å². The van der Waals surface area contributed by atoms with Crippen LogP contribution in [0.5, 0.6) is 0 Å². The van der Waals surface area contributed by atoms with Gasteiger partial charge in [-0.15, -0.1) is 0 Å². The van der Waals surface area contributed by atoms with Crippen LogP contribution >= 0.6 is 15.9 Å². The average Bonchev–Trinajstić information content (AvgIpc) is 2.25. The molecule has 108 valence electrons. The van der Waals surface area contributed by atoms with E-state index in [1.807, 2.05) is 33.9 Å². The normalized spacial score (nSPS) is 13.7. The Hall–Kier alpha value is -0.263. The van der Waals surface area contributed by atoms with E-state index in [0.29, 0.717) is 4.47 Å². The zero-order valence-electron chi connectivity index (χ0n) is 12.1. The number of alkyl halides is 2. The van der Waals surface area contributed by atoms with Crippen LogP contribution in [0.15, 0.2) is 28.7 Å². The van der Waals surface area contributed by atoms with Gasteiger partial charge in [-0.3, -0.25) is 0 Å². The third-order valence-electron chi connectivity index (χ3n) is 3.69. The Bertz CT molecular complexity index is 441. The summed E-state index contributed by atoms with van der Waals surface area (Å²) in [6, 6.07) is 6.38. The van der Waals surface area contributed by atoms with E-state index in [2.05, 4.69) is 15.9 Å². The van der Waals surface area contributed by atoms with Crippen molar-refractivity contribution in [1.82, 2.24) is 0 Å². The van der Waals surface area contributed by atoms with Crippen molar-refractivity contribution in [2.24, 2.45) is 0 Å². The summed E-state index contributed by atoms with van der Waals surface area (Å²) in [6.45, 7) is 9.50. The second kappa shape index (κ2) is 5.62. The summed E-state index contributed by atoms with van der Waals surface area (Å²) >= 11 is 3.17. The first-order valence-corrected chi connectivity index (χ1v) is 9.94. The summed E-state index contributed by atoms with van der Waals surface area (Å²) in [5, 5.41) is -0.0724. The summed E-state index contributed by atoms with van der Waals surface area (Å²) in [5.74, 6) is -2.98. The fourth-order valence-corrected chi connectivity index (χ4v) is 2.87. The fourth-order valence-electron chi connectivity index (χ4n) is 1.32. The Morgan fingerprint density at radius 1 is 1.16 bits per heavy atom. The Balaban J connectivity index is 2.85. The monoisotopic (exact) mass is 350 g/mol. The minimum atomic E-state index is -2.98. The van der Waals surface area contributed by atoms with E-state index in [4.69, 9.17) is 4.43 Å². The third-order valence-corrected chi connectivity index (χ3v) is 8.86. The van der Waals surface area contributed by atoms with Crippen molar-refractivity contribution in [1.29, 1.82) is 0 Å². The summed E-state index contributed by atoms with van der Waals surface area (Å²) < 4.78 is 34.5. The molecule has 0 radical (unpaired) electrons. The molecule has 0 bridgehead atoms. The lowest BCUT2D eigenvalue weighted by atomic mass is 10.1. The van der Waals surface area contributed by atoms with Gasteiger partial charge in [-0.25, -0.2) is 0 Å². The van der Waals surface area contributed by atoms with Crippen molar-refractivity contribution in [3.63, 3.8) is 0 Å². The molecule has 0 saturated carbocycles. The number of halogens is 3. The van der Waals surface area contributed by atoms with Crippen LogP contribution in [0.1, 0.15) is 26.3 Å². The first-order chi connectivity index (χ1) is 8.47. The predicted octanol–water partition coefficient (Wildman–Crippen LogP) is 5.56. The predicted molar refractivity (Wildman–Crippen MR) is 81.2 cm³/mol. The van der Waals surface area contributed by atoms with E-state index in [0.717, 1.165) is 0 Å². The second-order valence-corrected chi connectivity index (χ2v) is 11.9. The largest absolute Gasteiger partial charge is 0.410 e. The zero-order chi connectivity index (χ0) is 14.9. The maximum absolute atomic E-state index is 14.2. The minimum absolute atomic E-state index is 0.0197. The molecule has 0 heterocycles. The third kappa shape index (κ3) is 4.10. The van der Waals surface area contributed by atoms with Crippen LogP contribution in [0, 0.1) is 0 Å². The van der Waals surface area contributed by atoms with Crippen LogP contribution in [0.2, 0.25) is 18.1 Å². The highest BCUT2D eigenvalue weighted by molar-refractivity contribution is 9.10. The van der Waals surface area contributed by atoms with Crippen LogP contribution in [-0.2, 0) is 10.3 Å². The SMILES string of the molecule is CC(C)(C)[Si](C)(C)OCC(F)(F)c1ccccc1Br. The van der Waals surface area contributed by atoms with Gasteiger partial charge in [0.15, 0.2) is 8.32 Å². The fraction of sp³-hybridized carbons (Fsp3) is 0.571. The zero-order valence-corrected chi connectivity index (χ0v) is 14.6. The Kier molecular flexibility index (Phi) is 4.97. The van der Waals surface area contributed by atoms with Crippen molar-refractivity contribution >= 4 is 24.2 Å². The van der Waals surface area contributed by atoms with Gasteiger partial charge in [-0.1, -0.05) is 54.9 Å². The maximum atomic E-state index is 14.2. The molecule has 1 aromatic rings. The van der Waals surface area contributed by atoms with Crippen LogP contribution in [0.25, 0.3) is 0 Å². The molecule has 19 heavy (non-hydrogen) atoms. The van der Waals surface area contributed by atoms with Gasteiger partial charge in [0.2, 0.25) is 0 Å². The standard InChI is InChI=1S/C14H21BrF2OSi/c1-13(2,3)19(4,5)18-10-14(16,17)11-8-6-7-9-12(11)15/h6-9H,10H2,1-5H3. The second-order valence-electron chi connectivity index (χ2n) is 6.23. The molecule has 0 amide bonds. The molecule has 1 rings (SSSR count). The van der Waals surface area contributed by atoms with E-state index >= 15 is 0 Å². The molecule has 0 aromatic heterocycles. The molecule has 1 aromatic carbocycles. The van der Waals surface area contributed by atoms with Crippen molar-refractivity contribution in [3.05, 3.63) is 34.3 Å². The number of hydrogen-bond donors (Lipinski definition) is 0. The number of benzene rings is 1. The van der Waals surface area contributed by atoms with Gasteiger partial charge in [-0.05, 0) is 24.2 Å². The molecule has 1 nitrogen and oxygen atoms in total. The molecular formula is C14H21BrF2OSi. The van der Waals surface area contributed by atoms with Crippen LogP contribution in [0.3, 0.4) is 0 Å². The summed E-state index contributed by atoms with van der Waals surface area (Å²) in [4.78, 5) is 0. The number of rotatable bonds is 4. The molecule has 0 atom stereocenters. The van der Waals surface area contributed by atoms with Crippen molar-refractivity contribution in [3.8, 4) is 0 Å². The van der Waals surface area contributed by atoms with Crippen molar-refractivity contribution in [2.75, 3.05) is 6.61 Å². The van der Waals surface area contributed by atoms with E-state index in [9.17, 15) is 8.78 Å². The van der Waals surface area contributed by atoms with E-state index < -0.39 is 20.8 Å². The highest BCUT2D eigenvalue weighted by Crippen LogP contribution is 2.40. The summed E-state index contributed by atoms with van der Waals surface area (Å²) in [5.41, 5.74) is -0.0197. The highest BCUT2D eigenvalue weighted by Gasteiger charge is 2.42. The Morgan fingerprint density at radius 3 is 2.16 bits per heavy atom. The smallest absolute Gasteiger partial charge is 0.295 e. The van der Waals surface area contributed by atoms with Crippen molar-refractivity contribution < 1.29 is 13.2 Å². The molecule has 5 heteroatoms. The first-order valence-electron chi connectivity index (χ1n) is 6.24. The Morgan fingerprint density at radius 2 is 1.68 bits per heavy atom. The van der Waals surface area contributed by atoms with Gasteiger partial charge in [0.25, 0.3) is 5.92 Å². The van der Waals surface area contributed by atoms with Crippen LogP contribution in [-0.4, -0.2) is 14.9 Å². The lowest BCUT2D eigenvalue weighted by Gasteiger charge is -2.37. The highest BCUT2D eigenvalue weighted by atomic mass is 79.9. The average molecular weight is 351 g/mol. The summed E-state index contributed by atoms with van der Waals surface area (Å²) in [6.07, 6.45) is 0. The van der Waals surface area contributed by atoms with E-state index in [-0.39, 0.29) is 10.6 Å². The van der Waals surface area contributed by atoms with Gasteiger partial charge in [0.1, 0.15) is 6.61 Å². The first kappa shape index (κ1) is 16.8. The topological polar surface area (TPSA) is 9.23 Å². The van der Waals surface area contributed by atoms with Gasteiger partial charge >= 0.3 is 0 Å². The minimum Gasteiger partial charge on any atom is -0.410 e. The molecule has 0 fully saturated rings. The van der Waals surface area contributed by atoms with E-state index in [1.165, 1.54) is 6.07 Å². The lowest BCUT2D eigenvalue weighted by molar-refractivity contribution is -0.0514. The molecule has 0 saturated heterocycles. The summed E-state index contributed by atoms with van der Waals surface area (Å²) in [7, 11) is -2.16. The Labute approximate surface area is 123 Å². The van der Waals surface area contributed by atoms with E-state index in [1.54, 1.807) is 18.2 Å². The van der Waals surface area contributed by atoms with Crippen LogP contribution in [0.4, 0.5) is 8.78 Å². The molecule has 0 N–H and O–H groups in total. The van der Waals surface area contributed by atoms with Gasteiger partial charge in [-0.2, -0.15) is 8.78 Å². The molecule has 0 spiro atoms. The van der Waals surface area contributed by atoms with Crippen LogP contribution < -0.4 is 0 Å². The molecular weight excluding hydrogens is 330 g/mol. The lowest BCUT2D eigenvalue weighted by Crippen LogP contribution is -2.43. The quantitative estimate of drug-likeness (QED) is 0.645. The molecule has 0 aliphatic heterocycles. The molecule has 0 unspecified atom stereocenters.